The molecule has 2 rings (SSSR count). The molecule has 2 N–H and O–H groups in total. The highest BCUT2D eigenvalue weighted by atomic mass is 16.5. The molecule has 6 heteroatoms. The quantitative estimate of drug-likeness (QED) is 0.614. The van der Waals surface area contributed by atoms with Gasteiger partial charge in [-0.15, -0.1) is 0 Å². The van der Waals surface area contributed by atoms with Crippen molar-refractivity contribution in [1.82, 2.24) is 10.1 Å². The maximum absolute atomic E-state index is 6.01. The third-order valence-corrected chi connectivity index (χ3v) is 2.92. The average Bonchev–Trinajstić information content (AvgIpc) is 2.90. The summed E-state index contributed by atoms with van der Waals surface area (Å²) in [7, 11) is 1.64. The van der Waals surface area contributed by atoms with Crippen molar-refractivity contribution in [2.45, 2.75) is 13.3 Å². The summed E-state index contributed by atoms with van der Waals surface area (Å²) in [4.78, 5) is 4.33. The van der Waals surface area contributed by atoms with Crippen LogP contribution in [0.4, 0.5) is 5.69 Å². The molecular weight excluding hydrogens is 258 g/mol. The van der Waals surface area contributed by atoms with Crippen molar-refractivity contribution in [3.05, 3.63) is 29.6 Å². The van der Waals surface area contributed by atoms with Gasteiger partial charge in [-0.25, -0.2) is 0 Å². The lowest BCUT2D eigenvalue weighted by Gasteiger charge is -2.03. The lowest BCUT2D eigenvalue weighted by atomic mass is 10.1. The van der Waals surface area contributed by atoms with Crippen molar-refractivity contribution < 1.29 is 14.0 Å². The Kier molecular flexibility index (Phi) is 5.09. The molecule has 0 fully saturated rings. The van der Waals surface area contributed by atoms with Gasteiger partial charge >= 0.3 is 0 Å². The highest BCUT2D eigenvalue weighted by Gasteiger charge is 2.12. The van der Waals surface area contributed by atoms with Gasteiger partial charge in [-0.2, -0.15) is 4.98 Å². The van der Waals surface area contributed by atoms with Gasteiger partial charge < -0.3 is 19.7 Å². The van der Waals surface area contributed by atoms with E-state index in [1.807, 2.05) is 25.1 Å². The number of rotatable bonds is 7. The minimum atomic E-state index is 0.443. The van der Waals surface area contributed by atoms with E-state index in [9.17, 15) is 0 Å². The van der Waals surface area contributed by atoms with Gasteiger partial charge in [-0.05, 0) is 18.6 Å². The van der Waals surface area contributed by atoms with E-state index in [0.29, 0.717) is 43.6 Å². The molecule has 0 atom stereocenters. The standard InChI is InChI=1S/C14H19N3O3/c1-10-4-3-5-11(13(10)15)14-16-12(17-20-14)6-7-19-9-8-18-2/h3-5H,6-9,15H2,1-2H3. The number of benzene rings is 1. The minimum absolute atomic E-state index is 0.443. The first kappa shape index (κ1) is 14.5. The molecule has 0 saturated carbocycles. The second kappa shape index (κ2) is 7.02. The number of hydrogen-bond acceptors (Lipinski definition) is 6. The monoisotopic (exact) mass is 277 g/mol. The molecule has 1 aromatic heterocycles. The van der Waals surface area contributed by atoms with E-state index >= 15 is 0 Å². The van der Waals surface area contributed by atoms with E-state index in [-0.39, 0.29) is 0 Å². The third-order valence-electron chi connectivity index (χ3n) is 2.92. The number of aryl methyl sites for hydroxylation is 1. The van der Waals surface area contributed by atoms with Gasteiger partial charge in [0.05, 0.1) is 25.4 Å². The summed E-state index contributed by atoms with van der Waals surface area (Å²) < 4.78 is 15.5. The number of aromatic nitrogens is 2. The van der Waals surface area contributed by atoms with Crippen LogP contribution in [0, 0.1) is 6.92 Å². The molecule has 0 radical (unpaired) electrons. The second-order valence-electron chi connectivity index (χ2n) is 4.41. The molecule has 1 heterocycles. The van der Waals surface area contributed by atoms with E-state index in [4.69, 9.17) is 19.7 Å². The molecule has 20 heavy (non-hydrogen) atoms. The average molecular weight is 277 g/mol. The summed E-state index contributed by atoms with van der Waals surface area (Å²) in [6.45, 7) is 3.62. The SMILES string of the molecule is COCCOCCc1noc(-c2cccc(C)c2N)n1. The molecule has 0 saturated heterocycles. The molecule has 108 valence electrons. The maximum atomic E-state index is 6.01. The number of methoxy groups -OCH3 is 1. The lowest BCUT2D eigenvalue weighted by molar-refractivity contribution is 0.0714. The first-order valence-electron chi connectivity index (χ1n) is 6.47. The van der Waals surface area contributed by atoms with Crippen molar-refractivity contribution in [3.8, 4) is 11.5 Å². The van der Waals surface area contributed by atoms with Crippen LogP contribution < -0.4 is 5.73 Å². The van der Waals surface area contributed by atoms with Gasteiger partial charge in [0.25, 0.3) is 5.89 Å². The molecule has 0 amide bonds. The molecule has 0 spiro atoms. The normalized spacial score (nSPS) is 10.9. The second-order valence-corrected chi connectivity index (χ2v) is 4.41. The number of anilines is 1. The summed E-state index contributed by atoms with van der Waals surface area (Å²) >= 11 is 0. The Bertz CT molecular complexity index is 554. The molecule has 0 unspecified atom stereocenters. The van der Waals surface area contributed by atoms with Crippen LogP contribution in [0.1, 0.15) is 11.4 Å². The van der Waals surface area contributed by atoms with Crippen LogP contribution in [0.2, 0.25) is 0 Å². The Hall–Kier alpha value is -1.92. The maximum Gasteiger partial charge on any atom is 0.260 e. The zero-order chi connectivity index (χ0) is 14.4. The highest BCUT2D eigenvalue weighted by molar-refractivity contribution is 5.72. The molecule has 0 bridgehead atoms. The molecule has 2 aromatic rings. The summed E-state index contributed by atoms with van der Waals surface area (Å²) in [6.07, 6.45) is 0.596. The Labute approximate surface area is 117 Å². The number of hydrogen-bond donors (Lipinski definition) is 1. The number of nitrogens with zero attached hydrogens (tertiary/aromatic N) is 2. The minimum Gasteiger partial charge on any atom is -0.398 e. The highest BCUT2D eigenvalue weighted by Crippen LogP contribution is 2.26. The fraction of sp³-hybridized carbons (Fsp3) is 0.429. The number of nitrogen functional groups attached to an aromatic ring is 1. The van der Waals surface area contributed by atoms with Gasteiger partial charge in [0, 0.05) is 19.2 Å². The van der Waals surface area contributed by atoms with E-state index < -0.39 is 0 Å². The summed E-state index contributed by atoms with van der Waals surface area (Å²) in [5, 5.41) is 3.93. The Balaban J connectivity index is 1.97. The van der Waals surface area contributed by atoms with Crippen LogP contribution in [-0.4, -0.2) is 37.1 Å². The van der Waals surface area contributed by atoms with Crippen LogP contribution in [0.5, 0.6) is 0 Å². The van der Waals surface area contributed by atoms with Crippen molar-refractivity contribution in [1.29, 1.82) is 0 Å². The molecule has 0 aliphatic rings. The molecule has 0 aliphatic heterocycles. The van der Waals surface area contributed by atoms with Crippen molar-refractivity contribution in [2.24, 2.45) is 0 Å². The zero-order valence-corrected chi connectivity index (χ0v) is 11.8. The van der Waals surface area contributed by atoms with Gasteiger partial charge in [0.15, 0.2) is 5.82 Å². The topological polar surface area (TPSA) is 83.4 Å². The van der Waals surface area contributed by atoms with Gasteiger partial charge in [-0.3, -0.25) is 0 Å². The third kappa shape index (κ3) is 3.55. The summed E-state index contributed by atoms with van der Waals surface area (Å²) in [5.41, 5.74) is 8.44. The fourth-order valence-corrected chi connectivity index (χ4v) is 1.74. The van der Waals surface area contributed by atoms with Crippen LogP contribution in [0.25, 0.3) is 11.5 Å². The first-order valence-corrected chi connectivity index (χ1v) is 6.47. The van der Waals surface area contributed by atoms with Crippen LogP contribution in [0.3, 0.4) is 0 Å². The Morgan fingerprint density at radius 2 is 2.10 bits per heavy atom. The molecular formula is C14H19N3O3. The summed E-state index contributed by atoms with van der Waals surface area (Å²) in [5.74, 6) is 1.05. The molecule has 6 nitrogen and oxygen atoms in total. The van der Waals surface area contributed by atoms with Gasteiger partial charge in [0.1, 0.15) is 0 Å². The Morgan fingerprint density at radius 1 is 1.25 bits per heavy atom. The number of para-hydroxylation sites is 1. The predicted molar refractivity (Wildman–Crippen MR) is 75.3 cm³/mol. The fourth-order valence-electron chi connectivity index (χ4n) is 1.74. The summed E-state index contributed by atoms with van der Waals surface area (Å²) in [6, 6.07) is 5.73. The first-order chi connectivity index (χ1) is 9.72. The van der Waals surface area contributed by atoms with E-state index in [2.05, 4.69) is 10.1 Å². The van der Waals surface area contributed by atoms with E-state index in [0.717, 1.165) is 11.1 Å². The van der Waals surface area contributed by atoms with Crippen LogP contribution in [0.15, 0.2) is 22.7 Å². The smallest absolute Gasteiger partial charge is 0.260 e. The predicted octanol–water partition coefficient (Wildman–Crippen LogP) is 1.83. The zero-order valence-electron chi connectivity index (χ0n) is 11.8. The van der Waals surface area contributed by atoms with Crippen LogP contribution >= 0.6 is 0 Å². The van der Waals surface area contributed by atoms with Gasteiger partial charge in [-0.1, -0.05) is 17.3 Å². The van der Waals surface area contributed by atoms with Crippen molar-refractivity contribution >= 4 is 5.69 Å². The van der Waals surface area contributed by atoms with E-state index in [1.54, 1.807) is 7.11 Å². The lowest BCUT2D eigenvalue weighted by Crippen LogP contribution is -2.05. The van der Waals surface area contributed by atoms with Crippen LogP contribution in [-0.2, 0) is 15.9 Å². The Morgan fingerprint density at radius 3 is 2.90 bits per heavy atom. The number of nitrogens with two attached hydrogens (primary N) is 1. The molecule has 1 aromatic carbocycles. The van der Waals surface area contributed by atoms with Crippen molar-refractivity contribution in [3.63, 3.8) is 0 Å². The largest absolute Gasteiger partial charge is 0.398 e. The number of ether oxygens (including phenoxy) is 2. The van der Waals surface area contributed by atoms with E-state index in [1.165, 1.54) is 0 Å². The van der Waals surface area contributed by atoms with Crippen molar-refractivity contribution in [2.75, 3.05) is 32.7 Å². The van der Waals surface area contributed by atoms with Gasteiger partial charge in [0.2, 0.25) is 0 Å². The molecule has 0 aliphatic carbocycles.